The van der Waals surface area contributed by atoms with Crippen LogP contribution in [0.1, 0.15) is 46.0 Å². The molecule has 0 aromatic carbocycles. The molecule has 0 spiro atoms. The Labute approximate surface area is 75.5 Å². The van der Waals surface area contributed by atoms with Gasteiger partial charge in [-0.2, -0.15) is 0 Å². The average molecular weight is 168 g/mol. The maximum atomic E-state index is 10.1. The van der Waals surface area contributed by atoms with Gasteiger partial charge in [0.2, 0.25) is 0 Å². The van der Waals surface area contributed by atoms with Gasteiger partial charge in [0, 0.05) is 0 Å². The number of aliphatic hydroxyl groups is 1. The number of hydrogen-bond donors (Lipinski definition) is 1. The molecule has 1 N–H and O–H groups in total. The summed E-state index contributed by atoms with van der Waals surface area (Å²) < 4.78 is 0. The van der Waals surface area contributed by atoms with Crippen LogP contribution in [0, 0.1) is 5.92 Å². The Kier molecular flexibility index (Phi) is 2.94. The normalized spacial score (nSPS) is 37.4. The van der Waals surface area contributed by atoms with E-state index in [9.17, 15) is 5.11 Å². The lowest BCUT2D eigenvalue weighted by molar-refractivity contribution is 0.0618. The molecule has 12 heavy (non-hydrogen) atoms. The molecule has 0 radical (unpaired) electrons. The van der Waals surface area contributed by atoms with E-state index in [1.165, 1.54) is 6.42 Å². The van der Waals surface area contributed by atoms with Crippen LogP contribution in [0.5, 0.6) is 0 Å². The van der Waals surface area contributed by atoms with Crippen LogP contribution in [0.15, 0.2) is 12.2 Å². The van der Waals surface area contributed by atoms with E-state index in [4.69, 9.17) is 0 Å². The Balaban J connectivity index is 2.61. The minimum Gasteiger partial charge on any atom is -0.386 e. The van der Waals surface area contributed by atoms with Gasteiger partial charge in [-0.05, 0) is 44.1 Å². The largest absolute Gasteiger partial charge is 0.386 e. The van der Waals surface area contributed by atoms with Gasteiger partial charge in [0.1, 0.15) is 0 Å². The Morgan fingerprint density at radius 1 is 1.42 bits per heavy atom. The summed E-state index contributed by atoms with van der Waals surface area (Å²) in [6.45, 7) is 8.08. The highest BCUT2D eigenvalue weighted by molar-refractivity contribution is 5.09. The van der Waals surface area contributed by atoms with Gasteiger partial charge in [0.15, 0.2) is 0 Å². The fraction of sp³-hybridized carbons (Fsp3) is 0.818. The molecule has 0 aliphatic heterocycles. The van der Waals surface area contributed by atoms with Gasteiger partial charge in [0.25, 0.3) is 0 Å². The zero-order chi connectivity index (χ0) is 9.19. The molecule has 1 heteroatoms. The van der Waals surface area contributed by atoms with Crippen LogP contribution in [0.25, 0.3) is 0 Å². The molecule has 1 saturated carbocycles. The highest BCUT2D eigenvalue weighted by Crippen LogP contribution is 2.34. The van der Waals surface area contributed by atoms with Crippen molar-refractivity contribution in [2.75, 3.05) is 0 Å². The second-order valence-electron chi connectivity index (χ2n) is 4.35. The van der Waals surface area contributed by atoms with Crippen molar-refractivity contribution in [1.29, 1.82) is 0 Å². The van der Waals surface area contributed by atoms with E-state index in [0.717, 1.165) is 37.2 Å². The van der Waals surface area contributed by atoms with Crippen molar-refractivity contribution < 1.29 is 5.11 Å². The van der Waals surface area contributed by atoms with Crippen LogP contribution in [0.3, 0.4) is 0 Å². The van der Waals surface area contributed by atoms with Crippen molar-refractivity contribution in [3.05, 3.63) is 12.2 Å². The fourth-order valence-electron chi connectivity index (χ4n) is 1.92. The second-order valence-corrected chi connectivity index (χ2v) is 4.35. The quantitative estimate of drug-likeness (QED) is 0.471. The molecule has 2 atom stereocenters. The zero-order valence-corrected chi connectivity index (χ0v) is 8.27. The molecule has 70 valence electrons. The summed E-state index contributed by atoms with van der Waals surface area (Å²) in [4.78, 5) is 0. The summed E-state index contributed by atoms with van der Waals surface area (Å²) in [5.41, 5.74) is 0.390. The summed E-state index contributed by atoms with van der Waals surface area (Å²) in [7, 11) is 0. The maximum absolute atomic E-state index is 10.1. The zero-order valence-electron chi connectivity index (χ0n) is 8.27. The van der Waals surface area contributed by atoms with Crippen LogP contribution in [-0.2, 0) is 0 Å². The van der Waals surface area contributed by atoms with E-state index >= 15 is 0 Å². The molecule has 1 fully saturated rings. The smallest absolute Gasteiger partial charge is 0.0851 e. The monoisotopic (exact) mass is 168 g/mol. The number of rotatable bonds is 1. The van der Waals surface area contributed by atoms with Crippen molar-refractivity contribution in [3.63, 3.8) is 0 Å². The minimum atomic E-state index is -0.551. The van der Waals surface area contributed by atoms with E-state index in [0.29, 0.717) is 0 Å². The average Bonchev–Trinajstić information content (AvgIpc) is 2.15. The van der Waals surface area contributed by atoms with E-state index in [2.05, 4.69) is 13.5 Å². The Morgan fingerprint density at radius 2 is 2.08 bits per heavy atom. The van der Waals surface area contributed by atoms with E-state index in [1.54, 1.807) is 0 Å². The molecule has 2 unspecified atom stereocenters. The van der Waals surface area contributed by atoms with Gasteiger partial charge in [-0.15, -0.1) is 0 Å². The van der Waals surface area contributed by atoms with Crippen molar-refractivity contribution in [2.24, 2.45) is 5.92 Å². The third-order valence-corrected chi connectivity index (χ3v) is 3.13. The lowest BCUT2D eigenvalue weighted by Gasteiger charge is -2.26. The first-order valence-corrected chi connectivity index (χ1v) is 4.93. The van der Waals surface area contributed by atoms with Crippen molar-refractivity contribution in [1.82, 2.24) is 0 Å². The summed E-state index contributed by atoms with van der Waals surface area (Å²) in [5, 5.41) is 10.1. The van der Waals surface area contributed by atoms with Crippen LogP contribution in [-0.4, -0.2) is 10.7 Å². The van der Waals surface area contributed by atoms with Gasteiger partial charge in [-0.25, -0.2) is 0 Å². The fourth-order valence-corrected chi connectivity index (χ4v) is 1.92. The molecule has 1 rings (SSSR count). The first-order chi connectivity index (χ1) is 5.54. The van der Waals surface area contributed by atoms with Gasteiger partial charge in [-0.1, -0.05) is 19.9 Å². The molecule has 0 saturated heterocycles. The minimum absolute atomic E-state index is 0.551. The highest BCUT2D eigenvalue weighted by atomic mass is 16.3. The SMILES string of the molecule is C=C(C)C1(O)CCCC(C)CC1. The first kappa shape index (κ1) is 9.79. The molecule has 1 aliphatic carbocycles. The van der Waals surface area contributed by atoms with Crippen LogP contribution in [0.4, 0.5) is 0 Å². The van der Waals surface area contributed by atoms with E-state index in [-0.39, 0.29) is 0 Å². The molecule has 0 aromatic heterocycles. The van der Waals surface area contributed by atoms with E-state index in [1.807, 2.05) is 6.92 Å². The van der Waals surface area contributed by atoms with Crippen molar-refractivity contribution in [3.8, 4) is 0 Å². The third kappa shape index (κ3) is 2.10. The second kappa shape index (κ2) is 3.61. The van der Waals surface area contributed by atoms with Gasteiger partial charge >= 0.3 is 0 Å². The van der Waals surface area contributed by atoms with Crippen LogP contribution in [0.2, 0.25) is 0 Å². The summed E-state index contributed by atoms with van der Waals surface area (Å²) in [5.74, 6) is 0.776. The molecule has 1 nitrogen and oxygen atoms in total. The van der Waals surface area contributed by atoms with E-state index < -0.39 is 5.60 Å². The van der Waals surface area contributed by atoms with Crippen molar-refractivity contribution in [2.45, 2.75) is 51.6 Å². The topological polar surface area (TPSA) is 20.2 Å². The molecule has 0 bridgehead atoms. The lowest BCUT2D eigenvalue weighted by Crippen LogP contribution is -2.28. The van der Waals surface area contributed by atoms with Gasteiger partial charge in [0.05, 0.1) is 5.60 Å². The third-order valence-electron chi connectivity index (χ3n) is 3.13. The number of hydrogen-bond acceptors (Lipinski definition) is 1. The molecular weight excluding hydrogens is 148 g/mol. The molecule has 1 aliphatic rings. The Bertz CT molecular complexity index is 174. The Morgan fingerprint density at radius 3 is 2.67 bits per heavy atom. The molecule has 0 heterocycles. The van der Waals surface area contributed by atoms with Gasteiger partial charge < -0.3 is 5.11 Å². The maximum Gasteiger partial charge on any atom is 0.0851 e. The summed E-state index contributed by atoms with van der Waals surface area (Å²) in [6, 6.07) is 0. The van der Waals surface area contributed by atoms with Crippen LogP contribution < -0.4 is 0 Å². The van der Waals surface area contributed by atoms with Crippen LogP contribution >= 0.6 is 0 Å². The molecule has 0 aromatic rings. The highest BCUT2D eigenvalue weighted by Gasteiger charge is 2.30. The predicted octanol–water partition coefficient (Wildman–Crippen LogP) is 2.89. The van der Waals surface area contributed by atoms with Crippen molar-refractivity contribution >= 4 is 0 Å². The summed E-state index contributed by atoms with van der Waals surface area (Å²) >= 11 is 0. The standard InChI is InChI=1S/C11H20O/c1-9(2)11(12)7-4-5-10(3)6-8-11/h10,12H,1,4-8H2,2-3H3. The Hall–Kier alpha value is -0.300. The first-order valence-electron chi connectivity index (χ1n) is 4.93. The predicted molar refractivity (Wildman–Crippen MR) is 52.0 cm³/mol. The van der Waals surface area contributed by atoms with Gasteiger partial charge in [-0.3, -0.25) is 0 Å². The lowest BCUT2D eigenvalue weighted by atomic mass is 9.88. The summed E-state index contributed by atoms with van der Waals surface area (Å²) in [6.07, 6.45) is 5.36. The molecule has 0 amide bonds. The molecular formula is C11H20O.